The summed E-state index contributed by atoms with van der Waals surface area (Å²) in [6.07, 6.45) is 6.84. The van der Waals surface area contributed by atoms with Crippen molar-refractivity contribution in [2.75, 3.05) is 0 Å². The average molecular weight is 209 g/mol. The van der Waals surface area contributed by atoms with Gasteiger partial charge in [0.15, 0.2) is 0 Å². The van der Waals surface area contributed by atoms with Gasteiger partial charge < -0.3 is 10.4 Å². The van der Waals surface area contributed by atoms with Crippen molar-refractivity contribution in [1.82, 2.24) is 5.32 Å². The van der Waals surface area contributed by atoms with Crippen LogP contribution in [0.1, 0.15) is 25.7 Å². The number of hydrogen-bond acceptors (Lipinski definition) is 2. The molecule has 0 saturated heterocycles. The zero-order valence-corrected chi connectivity index (χ0v) is 8.48. The summed E-state index contributed by atoms with van der Waals surface area (Å²) < 4.78 is 0. The molecule has 0 spiro atoms. The third-order valence-corrected chi connectivity index (χ3v) is 3.01. The minimum absolute atomic E-state index is 0.0887. The maximum Gasteiger partial charge on any atom is 0.307 e. The van der Waals surface area contributed by atoms with E-state index in [9.17, 15) is 9.59 Å². The maximum absolute atomic E-state index is 11.8. The number of amides is 1. The molecule has 2 N–H and O–H groups in total. The monoisotopic (exact) mass is 209 g/mol. The molecule has 0 aromatic heterocycles. The van der Waals surface area contributed by atoms with Gasteiger partial charge in [-0.15, -0.1) is 0 Å². The lowest BCUT2D eigenvalue weighted by Gasteiger charge is -2.24. The van der Waals surface area contributed by atoms with Gasteiger partial charge in [-0.3, -0.25) is 9.59 Å². The molecule has 1 amide bonds. The Balaban J connectivity index is 2.00. The summed E-state index contributed by atoms with van der Waals surface area (Å²) in [5.74, 6) is -1.88. The summed E-state index contributed by atoms with van der Waals surface area (Å²) in [5, 5.41) is 11.9. The van der Waals surface area contributed by atoms with Crippen molar-refractivity contribution in [3.8, 4) is 0 Å². The number of aliphatic carboxylic acids is 1. The van der Waals surface area contributed by atoms with E-state index in [0.29, 0.717) is 18.9 Å². The number of carboxylic acids is 1. The van der Waals surface area contributed by atoms with Crippen LogP contribution in [0, 0.1) is 11.8 Å². The fourth-order valence-corrected chi connectivity index (χ4v) is 1.91. The van der Waals surface area contributed by atoms with Crippen molar-refractivity contribution >= 4 is 11.9 Å². The number of carbonyl (C=O) groups excluding carboxylic acids is 1. The summed E-state index contributed by atoms with van der Waals surface area (Å²) >= 11 is 0. The quantitative estimate of drug-likeness (QED) is 0.679. The van der Waals surface area contributed by atoms with Crippen molar-refractivity contribution < 1.29 is 14.7 Å². The van der Waals surface area contributed by atoms with Gasteiger partial charge in [0.2, 0.25) is 5.91 Å². The number of carbonyl (C=O) groups is 2. The molecule has 1 saturated carbocycles. The Morgan fingerprint density at radius 3 is 2.27 bits per heavy atom. The van der Waals surface area contributed by atoms with Crippen molar-refractivity contribution in [2.45, 2.75) is 31.7 Å². The predicted octanol–water partition coefficient (Wildman–Crippen LogP) is 0.932. The smallest absolute Gasteiger partial charge is 0.307 e. The van der Waals surface area contributed by atoms with E-state index >= 15 is 0 Å². The normalized spacial score (nSPS) is 29.9. The van der Waals surface area contributed by atoms with Crippen LogP contribution in [-0.2, 0) is 9.59 Å². The van der Waals surface area contributed by atoms with Gasteiger partial charge in [0.1, 0.15) is 0 Å². The predicted molar refractivity (Wildman–Crippen MR) is 54.2 cm³/mol. The van der Waals surface area contributed by atoms with E-state index in [4.69, 9.17) is 5.11 Å². The molecule has 0 unspecified atom stereocenters. The molecule has 2 rings (SSSR count). The first kappa shape index (κ1) is 10.2. The van der Waals surface area contributed by atoms with Crippen LogP contribution in [0.2, 0.25) is 0 Å². The Morgan fingerprint density at radius 2 is 1.73 bits per heavy atom. The maximum atomic E-state index is 11.8. The first-order valence-electron chi connectivity index (χ1n) is 5.36. The van der Waals surface area contributed by atoms with E-state index in [2.05, 4.69) is 5.32 Å². The fourth-order valence-electron chi connectivity index (χ4n) is 1.91. The average Bonchev–Trinajstić information content (AvgIpc) is 3.01. The Kier molecular flexibility index (Phi) is 2.75. The van der Waals surface area contributed by atoms with Gasteiger partial charge in [-0.2, -0.15) is 0 Å². The standard InChI is InChI=1S/C11H15NO3/c13-10(12-7-5-6-7)8-3-1-2-4-9(8)11(14)15/h1-2,7-9H,3-6H2,(H,12,13)(H,14,15)/t8-,9-/m0/s1. The first-order chi connectivity index (χ1) is 7.18. The van der Waals surface area contributed by atoms with Gasteiger partial charge in [0.05, 0.1) is 11.8 Å². The number of allylic oxidation sites excluding steroid dienone is 2. The Hall–Kier alpha value is -1.32. The number of nitrogens with one attached hydrogen (secondary N) is 1. The molecule has 2 atom stereocenters. The second-order valence-electron chi connectivity index (χ2n) is 4.28. The van der Waals surface area contributed by atoms with E-state index < -0.39 is 11.9 Å². The van der Waals surface area contributed by atoms with E-state index in [0.717, 1.165) is 12.8 Å². The highest BCUT2D eigenvalue weighted by atomic mass is 16.4. The number of hydrogen-bond donors (Lipinski definition) is 2. The van der Waals surface area contributed by atoms with Crippen LogP contribution in [0.3, 0.4) is 0 Å². The van der Waals surface area contributed by atoms with Crippen LogP contribution in [0.4, 0.5) is 0 Å². The highest BCUT2D eigenvalue weighted by Crippen LogP contribution is 2.27. The van der Waals surface area contributed by atoms with Crippen molar-refractivity contribution in [1.29, 1.82) is 0 Å². The Morgan fingerprint density at radius 1 is 1.13 bits per heavy atom. The first-order valence-corrected chi connectivity index (χ1v) is 5.36. The molecule has 0 heterocycles. The van der Waals surface area contributed by atoms with Crippen LogP contribution in [-0.4, -0.2) is 23.0 Å². The van der Waals surface area contributed by atoms with Gasteiger partial charge in [-0.25, -0.2) is 0 Å². The van der Waals surface area contributed by atoms with Gasteiger partial charge in [0.25, 0.3) is 0 Å². The van der Waals surface area contributed by atoms with Gasteiger partial charge in [0, 0.05) is 6.04 Å². The van der Waals surface area contributed by atoms with Gasteiger partial charge in [-0.1, -0.05) is 12.2 Å². The minimum Gasteiger partial charge on any atom is -0.481 e. The summed E-state index contributed by atoms with van der Waals surface area (Å²) in [5.41, 5.74) is 0. The number of carboxylic acid groups (broad SMARTS) is 1. The summed E-state index contributed by atoms with van der Waals surface area (Å²) in [6, 6.07) is 0.304. The third kappa shape index (κ3) is 2.37. The van der Waals surface area contributed by atoms with Gasteiger partial charge >= 0.3 is 5.97 Å². The highest BCUT2D eigenvalue weighted by molar-refractivity contribution is 5.85. The SMILES string of the molecule is O=C(O)[C@H]1CC=CC[C@@H]1C(=O)NC1CC1. The van der Waals surface area contributed by atoms with E-state index in [1.165, 1.54) is 0 Å². The Bertz CT molecular complexity index is 307. The van der Waals surface area contributed by atoms with E-state index in [-0.39, 0.29) is 11.8 Å². The molecule has 82 valence electrons. The van der Waals surface area contributed by atoms with Crippen LogP contribution in [0.25, 0.3) is 0 Å². The lowest BCUT2D eigenvalue weighted by atomic mass is 9.82. The molecule has 15 heavy (non-hydrogen) atoms. The summed E-state index contributed by atoms with van der Waals surface area (Å²) in [4.78, 5) is 22.7. The van der Waals surface area contributed by atoms with Crippen LogP contribution < -0.4 is 5.32 Å². The molecule has 4 nitrogen and oxygen atoms in total. The molecule has 0 aromatic carbocycles. The van der Waals surface area contributed by atoms with E-state index in [1.54, 1.807) is 0 Å². The van der Waals surface area contributed by atoms with Gasteiger partial charge in [-0.05, 0) is 25.7 Å². The Labute approximate surface area is 88.4 Å². The molecule has 0 aliphatic heterocycles. The third-order valence-electron chi connectivity index (χ3n) is 3.01. The lowest BCUT2D eigenvalue weighted by Crippen LogP contribution is -2.39. The summed E-state index contributed by atoms with van der Waals surface area (Å²) in [7, 11) is 0. The molecule has 1 fully saturated rings. The summed E-state index contributed by atoms with van der Waals surface area (Å²) in [6.45, 7) is 0. The molecule has 2 aliphatic rings. The molecule has 0 bridgehead atoms. The molecule has 4 heteroatoms. The minimum atomic E-state index is -0.865. The fraction of sp³-hybridized carbons (Fsp3) is 0.636. The van der Waals surface area contributed by atoms with Crippen LogP contribution in [0.5, 0.6) is 0 Å². The lowest BCUT2D eigenvalue weighted by molar-refractivity contribution is -0.147. The highest BCUT2D eigenvalue weighted by Gasteiger charge is 2.36. The molecule has 0 radical (unpaired) electrons. The molecule has 0 aromatic rings. The zero-order valence-electron chi connectivity index (χ0n) is 8.48. The van der Waals surface area contributed by atoms with Crippen LogP contribution >= 0.6 is 0 Å². The molecule has 2 aliphatic carbocycles. The molecular formula is C11H15NO3. The topological polar surface area (TPSA) is 66.4 Å². The number of rotatable bonds is 3. The zero-order chi connectivity index (χ0) is 10.8. The van der Waals surface area contributed by atoms with Crippen molar-refractivity contribution in [3.05, 3.63) is 12.2 Å². The van der Waals surface area contributed by atoms with Crippen molar-refractivity contribution in [2.24, 2.45) is 11.8 Å². The second-order valence-corrected chi connectivity index (χ2v) is 4.28. The largest absolute Gasteiger partial charge is 0.481 e. The molecular weight excluding hydrogens is 194 g/mol. The second kappa shape index (κ2) is 4.04. The van der Waals surface area contributed by atoms with Crippen molar-refractivity contribution in [3.63, 3.8) is 0 Å². The van der Waals surface area contributed by atoms with Crippen LogP contribution in [0.15, 0.2) is 12.2 Å². The van der Waals surface area contributed by atoms with E-state index in [1.807, 2.05) is 12.2 Å².